The lowest BCUT2D eigenvalue weighted by molar-refractivity contribution is 0.495. The van der Waals surface area contributed by atoms with E-state index in [9.17, 15) is 0 Å². The Bertz CT molecular complexity index is 368. The minimum atomic E-state index is 0.583. The van der Waals surface area contributed by atoms with E-state index in [0.717, 1.165) is 6.42 Å². The molecule has 0 amide bonds. The molecule has 0 saturated carbocycles. The summed E-state index contributed by atoms with van der Waals surface area (Å²) in [5, 5.41) is 3.45. The standard InChI is InChI=1S/C15H23N/c1-4-11-9-13-7-6-8-15(16-3)14(13)10-12(11)5-2/h9-10,15-16H,4-8H2,1-3H3. The second-order valence-electron chi connectivity index (χ2n) is 4.76. The van der Waals surface area contributed by atoms with E-state index >= 15 is 0 Å². The van der Waals surface area contributed by atoms with Crippen molar-refractivity contribution < 1.29 is 0 Å². The highest BCUT2D eigenvalue weighted by Crippen LogP contribution is 2.32. The van der Waals surface area contributed by atoms with Crippen LogP contribution in [0, 0.1) is 0 Å². The van der Waals surface area contributed by atoms with E-state index in [1.165, 1.54) is 25.7 Å². The summed E-state index contributed by atoms with van der Waals surface area (Å²) < 4.78 is 0. The van der Waals surface area contributed by atoms with E-state index in [2.05, 4.69) is 38.3 Å². The van der Waals surface area contributed by atoms with E-state index in [-0.39, 0.29) is 0 Å². The summed E-state index contributed by atoms with van der Waals surface area (Å²) in [6.45, 7) is 4.53. The molecular weight excluding hydrogens is 194 g/mol. The lowest BCUT2D eigenvalue weighted by Gasteiger charge is -2.27. The van der Waals surface area contributed by atoms with Gasteiger partial charge in [-0.3, -0.25) is 0 Å². The van der Waals surface area contributed by atoms with E-state index in [1.54, 1.807) is 22.3 Å². The quantitative estimate of drug-likeness (QED) is 0.818. The van der Waals surface area contributed by atoms with Crippen LogP contribution in [0.25, 0.3) is 0 Å². The molecule has 1 aromatic carbocycles. The first-order valence-corrected chi connectivity index (χ1v) is 6.62. The summed E-state index contributed by atoms with van der Waals surface area (Å²) in [6, 6.07) is 5.49. The molecular formula is C15H23N. The van der Waals surface area contributed by atoms with Crippen molar-refractivity contribution in [3.8, 4) is 0 Å². The smallest absolute Gasteiger partial charge is 0.0320 e. The van der Waals surface area contributed by atoms with Crippen molar-refractivity contribution in [2.45, 2.75) is 52.0 Å². The van der Waals surface area contributed by atoms with Crippen molar-refractivity contribution in [2.24, 2.45) is 0 Å². The Hall–Kier alpha value is -0.820. The van der Waals surface area contributed by atoms with Crippen molar-refractivity contribution in [1.82, 2.24) is 5.32 Å². The molecule has 1 aromatic rings. The van der Waals surface area contributed by atoms with E-state index < -0.39 is 0 Å². The van der Waals surface area contributed by atoms with Crippen LogP contribution in [0.4, 0.5) is 0 Å². The van der Waals surface area contributed by atoms with Gasteiger partial charge in [0, 0.05) is 6.04 Å². The van der Waals surface area contributed by atoms with E-state index in [0.29, 0.717) is 6.04 Å². The molecule has 1 unspecified atom stereocenters. The molecule has 0 spiro atoms. The summed E-state index contributed by atoms with van der Waals surface area (Å²) in [7, 11) is 2.08. The Kier molecular flexibility index (Phi) is 3.65. The van der Waals surface area contributed by atoms with Crippen LogP contribution in [0.1, 0.15) is 55.0 Å². The van der Waals surface area contributed by atoms with Gasteiger partial charge in [0.2, 0.25) is 0 Å². The molecule has 1 aliphatic carbocycles. The summed E-state index contributed by atoms with van der Waals surface area (Å²) in [6.07, 6.45) is 6.21. The van der Waals surface area contributed by atoms with Gasteiger partial charge >= 0.3 is 0 Å². The molecule has 0 aromatic heterocycles. The summed E-state index contributed by atoms with van der Waals surface area (Å²) >= 11 is 0. The monoisotopic (exact) mass is 217 g/mol. The number of fused-ring (bicyclic) bond motifs is 1. The van der Waals surface area contributed by atoms with Crippen LogP contribution in [0.3, 0.4) is 0 Å². The fraction of sp³-hybridized carbons (Fsp3) is 0.600. The van der Waals surface area contributed by atoms with Crippen LogP contribution in [0.2, 0.25) is 0 Å². The zero-order chi connectivity index (χ0) is 11.5. The normalized spacial score (nSPS) is 19.6. The topological polar surface area (TPSA) is 12.0 Å². The van der Waals surface area contributed by atoms with Gasteiger partial charge in [-0.05, 0) is 61.4 Å². The molecule has 0 saturated heterocycles. The molecule has 0 bridgehead atoms. The molecule has 1 atom stereocenters. The molecule has 0 radical (unpaired) electrons. The zero-order valence-electron chi connectivity index (χ0n) is 10.8. The van der Waals surface area contributed by atoms with Gasteiger partial charge in [-0.1, -0.05) is 26.0 Å². The van der Waals surface area contributed by atoms with Crippen LogP contribution in [-0.2, 0) is 19.3 Å². The Labute approximate surface area is 99.3 Å². The van der Waals surface area contributed by atoms with E-state index in [1.807, 2.05) is 0 Å². The number of hydrogen-bond donors (Lipinski definition) is 1. The predicted molar refractivity (Wildman–Crippen MR) is 69.9 cm³/mol. The van der Waals surface area contributed by atoms with Crippen molar-refractivity contribution in [1.29, 1.82) is 0 Å². The molecule has 0 heterocycles. The lowest BCUT2D eigenvalue weighted by Crippen LogP contribution is -2.22. The average molecular weight is 217 g/mol. The maximum absolute atomic E-state index is 3.45. The van der Waals surface area contributed by atoms with Crippen molar-refractivity contribution in [3.63, 3.8) is 0 Å². The molecule has 0 fully saturated rings. The highest BCUT2D eigenvalue weighted by atomic mass is 14.9. The number of rotatable bonds is 3. The number of aryl methyl sites for hydroxylation is 3. The SMILES string of the molecule is CCc1cc2c(cc1CC)C(NC)CCC2. The predicted octanol–water partition coefficient (Wildman–Crippen LogP) is 3.41. The largest absolute Gasteiger partial charge is 0.313 e. The first kappa shape index (κ1) is 11.7. The first-order chi connectivity index (χ1) is 7.80. The van der Waals surface area contributed by atoms with Gasteiger partial charge in [0.05, 0.1) is 0 Å². The van der Waals surface area contributed by atoms with Crippen LogP contribution in [-0.4, -0.2) is 7.05 Å². The molecule has 1 aliphatic rings. The Morgan fingerprint density at radius 3 is 2.50 bits per heavy atom. The van der Waals surface area contributed by atoms with Gasteiger partial charge in [-0.15, -0.1) is 0 Å². The van der Waals surface area contributed by atoms with Crippen molar-refractivity contribution in [3.05, 3.63) is 34.4 Å². The van der Waals surface area contributed by atoms with Crippen molar-refractivity contribution in [2.75, 3.05) is 7.05 Å². The minimum absolute atomic E-state index is 0.583. The third kappa shape index (κ3) is 2.01. The Morgan fingerprint density at radius 1 is 1.19 bits per heavy atom. The fourth-order valence-corrected chi connectivity index (χ4v) is 2.91. The highest BCUT2D eigenvalue weighted by molar-refractivity contribution is 5.41. The average Bonchev–Trinajstić information content (AvgIpc) is 2.36. The molecule has 0 aliphatic heterocycles. The third-order valence-electron chi connectivity index (χ3n) is 3.89. The third-order valence-corrected chi connectivity index (χ3v) is 3.89. The Balaban J connectivity index is 2.46. The molecule has 16 heavy (non-hydrogen) atoms. The number of benzene rings is 1. The Morgan fingerprint density at radius 2 is 1.88 bits per heavy atom. The van der Waals surface area contributed by atoms with Gasteiger partial charge in [0.25, 0.3) is 0 Å². The molecule has 2 rings (SSSR count). The molecule has 1 heteroatoms. The second-order valence-corrected chi connectivity index (χ2v) is 4.76. The summed E-state index contributed by atoms with van der Waals surface area (Å²) in [4.78, 5) is 0. The molecule has 1 nitrogen and oxygen atoms in total. The summed E-state index contributed by atoms with van der Waals surface area (Å²) in [5.41, 5.74) is 6.24. The van der Waals surface area contributed by atoms with Gasteiger partial charge in [0.15, 0.2) is 0 Å². The molecule has 88 valence electrons. The highest BCUT2D eigenvalue weighted by Gasteiger charge is 2.19. The maximum Gasteiger partial charge on any atom is 0.0320 e. The van der Waals surface area contributed by atoms with Crippen LogP contribution >= 0.6 is 0 Å². The zero-order valence-corrected chi connectivity index (χ0v) is 10.8. The van der Waals surface area contributed by atoms with Crippen LogP contribution in [0.5, 0.6) is 0 Å². The molecule has 1 N–H and O–H groups in total. The van der Waals surface area contributed by atoms with Crippen LogP contribution < -0.4 is 5.32 Å². The fourth-order valence-electron chi connectivity index (χ4n) is 2.91. The van der Waals surface area contributed by atoms with Crippen molar-refractivity contribution >= 4 is 0 Å². The number of nitrogens with one attached hydrogen (secondary N) is 1. The van der Waals surface area contributed by atoms with Gasteiger partial charge in [-0.2, -0.15) is 0 Å². The lowest BCUT2D eigenvalue weighted by atomic mass is 9.84. The van der Waals surface area contributed by atoms with Gasteiger partial charge < -0.3 is 5.32 Å². The van der Waals surface area contributed by atoms with E-state index in [4.69, 9.17) is 0 Å². The summed E-state index contributed by atoms with van der Waals surface area (Å²) in [5.74, 6) is 0. The van der Waals surface area contributed by atoms with Gasteiger partial charge in [-0.25, -0.2) is 0 Å². The van der Waals surface area contributed by atoms with Crippen LogP contribution in [0.15, 0.2) is 12.1 Å². The van der Waals surface area contributed by atoms with Gasteiger partial charge in [0.1, 0.15) is 0 Å². The number of hydrogen-bond acceptors (Lipinski definition) is 1. The maximum atomic E-state index is 3.45. The second kappa shape index (κ2) is 5.01. The minimum Gasteiger partial charge on any atom is -0.313 e. The first-order valence-electron chi connectivity index (χ1n) is 6.62.